The van der Waals surface area contributed by atoms with E-state index in [1.165, 1.54) is 87.8 Å². The van der Waals surface area contributed by atoms with Gasteiger partial charge >= 0.3 is 0 Å². The molecular weight excluding hydrogens is 457 g/mol. The summed E-state index contributed by atoms with van der Waals surface area (Å²) in [5.41, 5.74) is 0. The Morgan fingerprint density at radius 1 is 0.643 bits per heavy atom. The van der Waals surface area contributed by atoms with Crippen molar-refractivity contribution in [2.45, 2.75) is 116 Å². The lowest BCUT2D eigenvalue weighted by atomic mass is 10.1. The summed E-state index contributed by atoms with van der Waals surface area (Å²) in [6.07, 6.45) is 13.9. The first kappa shape index (κ1) is 29.8. The third-order valence-electron chi connectivity index (χ3n) is 4.75. The first-order valence-corrected chi connectivity index (χ1v) is 19.9. The molecule has 2 unspecified atom stereocenters. The van der Waals surface area contributed by atoms with E-state index in [4.69, 9.17) is 8.85 Å². The Morgan fingerprint density at radius 2 is 1.07 bits per heavy atom. The van der Waals surface area contributed by atoms with Gasteiger partial charge in [-0.2, -0.15) is 0 Å². The molecule has 28 heavy (non-hydrogen) atoms. The summed E-state index contributed by atoms with van der Waals surface area (Å²) < 4.78 is 12.3. The zero-order valence-corrected chi connectivity index (χ0v) is 25.0. The normalized spacial score (nSPS) is 14.6. The Hall–Kier alpha value is 1.75. The summed E-state index contributed by atoms with van der Waals surface area (Å²) >= 11 is 0. The van der Waals surface area contributed by atoms with Gasteiger partial charge in [0.25, 0.3) is 0 Å². The number of hydrogen-bond donors (Lipinski definition) is 0. The smallest absolute Gasteiger partial charge is 0.162 e. The zero-order valence-electron chi connectivity index (χ0n) is 18.9. The van der Waals surface area contributed by atoms with Crippen molar-refractivity contribution >= 4 is 60.8 Å². The van der Waals surface area contributed by atoms with Crippen LogP contribution in [0.1, 0.15) is 91.9 Å². The Bertz CT molecular complexity index is 277. The second-order valence-corrected chi connectivity index (χ2v) is 16.4. The second-order valence-electron chi connectivity index (χ2n) is 7.28. The fourth-order valence-corrected chi connectivity index (χ4v) is 12.5. The maximum atomic E-state index is 6.13. The van der Waals surface area contributed by atoms with Crippen LogP contribution in [0.4, 0.5) is 0 Å². The molecule has 0 saturated carbocycles. The van der Waals surface area contributed by atoms with Crippen molar-refractivity contribution in [3.63, 3.8) is 0 Å². The highest BCUT2D eigenvalue weighted by molar-refractivity contribution is 9.26. The van der Waals surface area contributed by atoms with E-state index < -0.39 is 0 Å². The monoisotopic (exact) mass is 502 g/mol. The Balaban J connectivity index is 3.25. The van der Waals surface area contributed by atoms with Gasteiger partial charge in [0.2, 0.25) is 0 Å². The molecule has 0 heterocycles. The van der Waals surface area contributed by atoms with Gasteiger partial charge in [-0.05, 0) is 70.3 Å². The molecule has 2 atom stereocenters. The minimum atomic E-state index is -0.287. The highest BCUT2D eigenvalue weighted by Crippen LogP contribution is 2.43. The van der Waals surface area contributed by atoms with Crippen molar-refractivity contribution < 1.29 is 8.85 Å². The van der Waals surface area contributed by atoms with Crippen LogP contribution in [0.15, 0.2) is 0 Å². The second kappa shape index (κ2) is 25.0. The van der Waals surface area contributed by atoms with Crippen LogP contribution in [-0.4, -0.2) is 43.2 Å². The first-order valence-electron chi connectivity index (χ1n) is 11.6. The lowest BCUT2D eigenvalue weighted by Crippen LogP contribution is -2.14. The maximum absolute atomic E-state index is 6.13. The molecule has 0 aliphatic rings. The Morgan fingerprint density at radius 3 is 1.43 bits per heavy atom. The standard InChI is InChI=1S/C20H46O2S4Si2/c1-5-9-13-19(7-3)21-27-17-11-15-23-25-26-24-16-12-18-28-22-20(8-4)14-10-6-2/h19-20H,5-18,27-28H2,1-4H3. The van der Waals surface area contributed by atoms with Crippen LogP contribution in [-0.2, 0) is 8.85 Å². The fourth-order valence-electron chi connectivity index (χ4n) is 2.81. The van der Waals surface area contributed by atoms with Gasteiger partial charge in [0.1, 0.15) is 0 Å². The SMILES string of the molecule is CCCCC(CC)O[SiH2]CCCSSSSCCC[SiH2]OC(CC)CCCC. The average Bonchev–Trinajstić information content (AvgIpc) is 2.72. The minimum absolute atomic E-state index is 0.287. The van der Waals surface area contributed by atoms with Crippen LogP contribution >= 0.6 is 41.2 Å². The zero-order chi connectivity index (χ0) is 20.7. The van der Waals surface area contributed by atoms with Crippen LogP contribution < -0.4 is 0 Å². The summed E-state index contributed by atoms with van der Waals surface area (Å²) in [5, 5.41) is 0. The molecule has 0 aromatic carbocycles. The molecular formula is C20H46O2S4Si2. The van der Waals surface area contributed by atoms with E-state index in [0.717, 1.165) is 0 Å². The third-order valence-corrected chi connectivity index (χ3v) is 14.4. The predicted octanol–water partition coefficient (Wildman–Crippen LogP) is 7.42. The van der Waals surface area contributed by atoms with E-state index in [2.05, 4.69) is 27.7 Å². The number of unbranched alkanes of at least 4 members (excludes halogenated alkanes) is 2. The maximum Gasteiger partial charge on any atom is 0.162 e. The average molecular weight is 503 g/mol. The van der Waals surface area contributed by atoms with Gasteiger partial charge in [-0.25, -0.2) is 0 Å². The number of rotatable bonds is 23. The summed E-state index contributed by atoms with van der Waals surface area (Å²) in [7, 11) is 7.41. The van der Waals surface area contributed by atoms with E-state index in [1.807, 2.05) is 41.2 Å². The van der Waals surface area contributed by atoms with Gasteiger partial charge in [-0.1, -0.05) is 75.0 Å². The Kier molecular flexibility index (Phi) is 26.6. The van der Waals surface area contributed by atoms with Crippen molar-refractivity contribution in [1.82, 2.24) is 0 Å². The van der Waals surface area contributed by atoms with E-state index >= 15 is 0 Å². The molecule has 2 nitrogen and oxygen atoms in total. The highest BCUT2D eigenvalue weighted by atomic mass is 33.7. The van der Waals surface area contributed by atoms with E-state index in [-0.39, 0.29) is 19.5 Å². The molecule has 0 radical (unpaired) electrons. The van der Waals surface area contributed by atoms with Crippen molar-refractivity contribution in [3.8, 4) is 0 Å². The quantitative estimate of drug-likeness (QED) is 0.0816. The first-order chi connectivity index (χ1) is 13.8. The van der Waals surface area contributed by atoms with Crippen molar-refractivity contribution in [2.75, 3.05) is 11.5 Å². The minimum Gasteiger partial charge on any atom is -0.421 e. The molecule has 0 aliphatic carbocycles. The van der Waals surface area contributed by atoms with Crippen LogP contribution in [0.5, 0.6) is 0 Å². The van der Waals surface area contributed by atoms with E-state index in [1.54, 1.807) is 0 Å². The lowest BCUT2D eigenvalue weighted by Gasteiger charge is -2.15. The van der Waals surface area contributed by atoms with Crippen LogP contribution in [0.3, 0.4) is 0 Å². The molecule has 0 N–H and O–H groups in total. The van der Waals surface area contributed by atoms with Crippen LogP contribution in [0, 0.1) is 0 Å². The summed E-state index contributed by atoms with van der Waals surface area (Å²) in [6.45, 7) is 9.06. The van der Waals surface area contributed by atoms with E-state index in [9.17, 15) is 0 Å². The highest BCUT2D eigenvalue weighted by Gasteiger charge is 2.06. The molecule has 0 rings (SSSR count). The van der Waals surface area contributed by atoms with Gasteiger partial charge in [0.15, 0.2) is 19.5 Å². The summed E-state index contributed by atoms with van der Waals surface area (Å²) in [6, 6.07) is 2.69. The Labute approximate surface area is 196 Å². The third kappa shape index (κ3) is 21.0. The lowest BCUT2D eigenvalue weighted by molar-refractivity contribution is 0.192. The van der Waals surface area contributed by atoms with Crippen molar-refractivity contribution in [3.05, 3.63) is 0 Å². The van der Waals surface area contributed by atoms with Crippen molar-refractivity contribution in [2.24, 2.45) is 0 Å². The molecule has 0 amide bonds. The van der Waals surface area contributed by atoms with Gasteiger partial charge in [0, 0.05) is 23.7 Å². The predicted molar refractivity (Wildman–Crippen MR) is 145 cm³/mol. The molecule has 0 saturated heterocycles. The number of hydrogen-bond acceptors (Lipinski definition) is 6. The van der Waals surface area contributed by atoms with Gasteiger partial charge < -0.3 is 8.85 Å². The summed E-state index contributed by atoms with van der Waals surface area (Å²) in [5.74, 6) is 2.55. The molecule has 0 aromatic heterocycles. The molecule has 8 heteroatoms. The molecule has 0 aliphatic heterocycles. The topological polar surface area (TPSA) is 18.5 Å². The molecule has 0 fully saturated rings. The fraction of sp³-hybridized carbons (Fsp3) is 1.00. The molecule has 170 valence electrons. The van der Waals surface area contributed by atoms with Gasteiger partial charge in [-0.15, -0.1) is 0 Å². The summed E-state index contributed by atoms with van der Waals surface area (Å²) in [4.78, 5) is 0. The van der Waals surface area contributed by atoms with Crippen LogP contribution in [0.2, 0.25) is 12.1 Å². The van der Waals surface area contributed by atoms with E-state index in [0.29, 0.717) is 12.2 Å². The van der Waals surface area contributed by atoms with Crippen molar-refractivity contribution in [1.29, 1.82) is 0 Å². The molecule has 0 spiro atoms. The molecule has 0 aromatic rings. The largest absolute Gasteiger partial charge is 0.421 e. The van der Waals surface area contributed by atoms with Gasteiger partial charge in [-0.3, -0.25) is 0 Å². The molecule has 0 bridgehead atoms. The van der Waals surface area contributed by atoms with Gasteiger partial charge in [0.05, 0.1) is 0 Å². The van der Waals surface area contributed by atoms with Crippen LogP contribution in [0.25, 0.3) is 0 Å².